The van der Waals surface area contributed by atoms with Crippen LogP contribution in [0.5, 0.6) is 0 Å². The second kappa shape index (κ2) is 4.87. The van der Waals surface area contributed by atoms with E-state index in [1.54, 1.807) is 0 Å². The molecule has 0 aromatic heterocycles. The Bertz CT molecular complexity index is 386. The van der Waals surface area contributed by atoms with Gasteiger partial charge in [0.1, 0.15) is 0 Å². The maximum atomic E-state index is 11.1. The summed E-state index contributed by atoms with van der Waals surface area (Å²) in [6.07, 6.45) is 1.72. The van der Waals surface area contributed by atoms with Gasteiger partial charge in [0.05, 0.1) is 5.69 Å². The van der Waals surface area contributed by atoms with Gasteiger partial charge >= 0.3 is 0 Å². The van der Waals surface area contributed by atoms with Crippen LogP contribution in [0.4, 0.5) is 5.69 Å². The Hall–Kier alpha value is -1.03. The highest BCUT2D eigenvalue weighted by molar-refractivity contribution is 9.10. The predicted octanol–water partition coefficient (Wildman–Crippen LogP) is 2.15. The zero-order chi connectivity index (χ0) is 11.5. The molecule has 16 heavy (non-hydrogen) atoms. The van der Waals surface area contributed by atoms with Crippen LogP contribution < -0.4 is 10.6 Å². The molecule has 1 aromatic carbocycles. The molecule has 1 amide bonds. The van der Waals surface area contributed by atoms with E-state index in [-0.39, 0.29) is 11.8 Å². The number of nitrogens with zero attached hydrogens (tertiary/aromatic N) is 1. The standard InChI is InChI=1S/C12H15BrN2O/c13-10-3-1-2-4-11(10)15-7-5-9(6-8-15)12(14)16/h1-4,9H,5-8H2,(H2,14,16). The fourth-order valence-electron chi connectivity index (χ4n) is 2.11. The van der Waals surface area contributed by atoms with Gasteiger partial charge in [0, 0.05) is 23.5 Å². The van der Waals surface area contributed by atoms with Crippen LogP contribution in [0, 0.1) is 5.92 Å². The first kappa shape index (κ1) is 11.5. The molecule has 1 heterocycles. The van der Waals surface area contributed by atoms with Crippen LogP contribution in [0.25, 0.3) is 0 Å². The van der Waals surface area contributed by atoms with Crippen LogP contribution in [0.2, 0.25) is 0 Å². The van der Waals surface area contributed by atoms with E-state index in [9.17, 15) is 4.79 Å². The van der Waals surface area contributed by atoms with Gasteiger partial charge in [-0.15, -0.1) is 0 Å². The lowest BCUT2D eigenvalue weighted by Gasteiger charge is -2.32. The fraction of sp³-hybridized carbons (Fsp3) is 0.417. The summed E-state index contributed by atoms with van der Waals surface area (Å²) in [4.78, 5) is 13.4. The number of piperidine rings is 1. The lowest BCUT2D eigenvalue weighted by Crippen LogP contribution is -2.38. The number of anilines is 1. The number of carbonyl (C=O) groups is 1. The van der Waals surface area contributed by atoms with Crippen LogP contribution >= 0.6 is 15.9 Å². The van der Waals surface area contributed by atoms with Gasteiger partial charge in [-0.3, -0.25) is 4.79 Å². The predicted molar refractivity (Wildman–Crippen MR) is 68.3 cm³/mol. The maximum absolute atomic E-state index is 11.1. The number of halogens is 1. The normalized spacial score (nSPS) is 17.4. The molecule has 4 heteroatoms. The highest BCUT2D eigenvalue weighted by atomic mass is 79.9. The van der Waals surface area contributed by atoms with Gasteiger partial charge in [-0.25, -0.2) is 0 Å². The van der Waals surface area contributed by atoms with Crippen LogP contribution in [-0.2, 0) is 4.79 Å². The quantitative estimate of drug-likeness (QED) is 0.904. The first-order valence-electron chi connectivity index (χ1n) is 5.47. The van der Waals surface area contributed by atoms with E-state index in [0.29, 0.717) is 0 Å². The molecule has 0 atom stereocenters. The van der Waals surface area contributed by atoms with Crippen molar-refractivity contribution in [3.8, 4) is 0 Å². The molecule has 2 N–H and O–H groups in total. The Morgan fingerprint density at radius 2 is 1.94 bits per heavy atom. The average molecular weight is 283 g/mol. The van der Waals surface area contributed by atoms with Crippen molar-refractivity contribution in [1.29, 1.82) is 0 Å². The fourth-order valence-corrected chi connectivity index (χ4v) is 2.65. The molecule has 1 fully saturated rings. The third kappa shape index (κ3) is 2.38. The van der Waals surface area contributed by atoms with Crippen molar-refractivity contribution in [2.24, 2.45) is 11.7 Å². The summed E-state index contributed by atoms with van der Waals surface area (Å²) in [5.41, 5.74) is 6.51. The van der Waals surface area contributed by atoms with Gasteiger partial charge in [0.25, 0.3) is 0 Å². The van der Waals surface area contributed by atoms with Crippen LogP contribution in [0.15, 0.2) is 28.7 Å². The first-order chi connectivity index (χ1) is 7.68. The molecule has 0 saturated carbocycles. The van der Waals surface area contributed by atoms with Crippen molar-refractivity contribution in [3.05, 3.63) is 28.7 Å². The maximum Gasteiger partial charge on any atom is 0.220 e. The van der Waals surface area contributed by atoms with Crippen LogP contribution in [0.3, 0.4) is 0 Å². The lowest BCUT2D eigenvalue weighted by molar-refractivity contribution is -0.122. The summed E-state index contributed by atoms with van der Waals surface area (Å²) in [5.74, 6) is -0.106. The molecule has 2 rings (SSSR count). The zero-order valence-electron chi connectivity index (χ0n) is 9.03. The molecule has 0 spiro atoms. The van der Waals surface area contributed by atoms with Gasteiger partial charge in [0.15, 0.2) is 0 Å². The monoisotopic (exact) mass is 282 g/mol. The van der Waals surface area contributed by atoms with E-state index in [1.165, 1.54) is 5.69 Å². The Morgan fingerprint density at radius 3 is 2.50 bits per heavy atom. The SMILES string of the molecule is NC(=O)C1CCN(c2ccccc2Br)CC1. The van der Waals surface area contributed by atoms with E-state index in [2.05, 4.69) is 26.9 Å². The highest BCUT2D eigenvalue weighted by Gasteiger charge is 2.23. The van der Waals surface area contributed by atoms with Crippen molar-refractivity contribution in [3.63, 3.8) is 0 Å². The number of para-hydroxylation sites is 1. The average Bonchev–Trinajstić information content (AvgIpc) is 2.30. The summed E-state index contributed by atoms with van der Waals surface area (Å²) in [6.45, 7) is 1.80. The van der Waals surface area contributed by atoms with Crippen LogP contribution in [0.1, 0.15) is 12.8 Å². The summed E-state index contributed by atoms with van der Waals surface area (Å²) in [5, 5.41) is 0. The summed E-state index contributed by atoms with van der Waals surface area (Å²) in [6, 6.07) is 8.16. The van der Waals surface area contributed by atoms with Crippen molar-refractivity contribution in [2.75, 3.05) is 18.0 Å². The Labute approximate surface area is 104 Å². The van der Waals surface area contributed by atoms with E-state index >= 15 is 0 Å². The number of primary amides is 1. The summed E-state index contributed by atoms with van der Waals surface area (Å²) < 4.78 is 1.10. The Balaban J connectivity index is 2.05. The molecule has 0 unspecified atom stereocenters. The van der Waals surface area contributed by atoms with Crippen molar-refractivity contribution >= 4 is 27.5 Å². The number of benzene rings is 1. The molecule has 0 radical (unpaired) electrons. The number of carbonyl (C=O) groups excluding carboxylic acids is 1. The molecule has 0 bridgehead atoms. The molecule has 3 nitrogen and oxygen atoms in total. The minimum absolute atomic E-state index is 0.0544. The molecule has 0 aliphatic carbocycles. The molecular formula is C12H15BrN2O. The molecule has 1 aliphatic heterocycles. The highest BCUT2D eigenvalue weighted by Crippen LogP contribution is 2.29. The number of rotatable bonds is 2. The number of hydrogen-bond donors (Lipinski definition) is 1. The minimum atomic E-state index is -0.160. The smallest absolute Gasteiger partial charge is 0.220 e. The third-order valence-corrected chi connectivity index (χ3v) is 3.76. The molecule has 86 valence electrons. The topological polar surface area (TPSA) is 46.3 Å². The number of nitrogens with two attached hydrogens (primary N) is 1. The van der Waals surface area contributed by atoms with Gasteiger partial charge in [-0.2, -0.15) is 0 Å². The van der Waals surface area contributed by atoms with Crippen molar-refractivity contribution < 1.29 is 4.79 Å². The molecule has 1 saturated heterocycles. The first-order valence-corrected chi connectivity index (χ1v) is 6.26. The Kier molecular flexibility index (Phi) is 3.49. The largest absolute Gasteiger partial charge is 0.371 e. The number of hydrogen-bond acceptors (Lipinski definition) is 2. The van der Waals surface area contributed by atoms with E-state index in [1.807, 2.05) is 18.2 Å². The van der Waals surface area contributed by atoms with Gasteiger partial charge in [-0.05, 0) is 40.9 Å². The second-order valence-corrected chi connectivity index (χ2v) is 4.97. The van der Waals surface area contributed by atoms with E-state index < -0.39 is 0 Å². The van der Waals surface area contributed by atoms with E-state index in [4.69, 9.17) is 5.73 Å². The summed E-state index contributed by atoms with van der Waals surface area (Å²) >= 11 is 3.54. The number of amides is 1. The van der Waals surface area contributed by atoms with Gasteiger partial charge in [-0.1, -0.05) is 12.1 Å². The van der Waals surface area contributed by atoms with Gasteiger partial charge < -0.3 is 10.6 Å². The van der Waals surface area contributed by atoms with Crippen molar-refractivity contribution in [1.82, 2.24) is 0 Å². The molecule has 1 aromatic rings. The van der Waals surface area contributed by atoms with Gasteiger partial charge in [0.2, 0.25) is 5.91 Å². The Morgan fingerprint density at radius 1 is 1.31 bits per heavy atom. The van der Waals surface area contributed by atoms with E-state index in [0.717, 1.165) is 30.4 Å². The zero-order valence-corrected chi connectivity index (χ0v) is 10.6. The molecule has 1 aliphatic rings. The summed E-state index contributed by atoms with van der Waals surface area (Å²) in [7, 11) is 0. The molecular weight excluding hydrogens is 268 g/mol. The minimum Gasteiger partial charge on any atom is -0.371 e. The van der Waals surface area contributed by atoms with Crippen molar-refractivity contribution in [2.45, 2.75) is 12.8 Å². The lowest BCUT2D eigenvalue weighted by atomic mass is 9.96. The van der Waals surface area contributed by atoms with Crippen LogP contribution in [-0.4, -0.2) is 19.0 Å². The second-order valence-electron chi connectivity index (χ2n) is 4.12. The third-order valence-electron chi connectivity index (χ3n) is 3.09.